The van der Waals surface area contributed by atoms with Crippen molar-refractivity contribution in [3.63, 3.8) is 0 Å². The van der Waals surface area contributed by atoms with Crippen LogP contribution >= 0.6 is 0 Å². The van der Waals surface area contributed by atoms with Gasteiger partial charge in [0.25, 0.3) is 0 Å². The molecule has 2 heteroatoms. The van der Waals surface area contributed by atoms with E-state index in [9.17, 15) is 5.11 Å². The summed E-state index contributed by atoms with van der Waals surface area (Å²) in [5.41, 5.74) is 0.345. The van der Waals surface area contributed by atoms with Crippen molar-refractivity contribution in [2.24, 2.45) is 0 Å². The van der Waals surface area contributed by atoms with Crippen LogP contribution in [0.15, 0.2) is 0 Å². The lowest BCUT2D eigenvalue weighted by Gasteiger charge is -2.37. The Balaban J connectivity index is 2.00. The van der Waals surface area contributed by atoms with Crippen molar-refractivity contribution >= 4 is 0 Å². The number of piperidine rings is 1. The first-order chi connectivity index (χ1) is 5.31. The molecule has 0 unspecified atom stereocenters. The van der Waals surface area contributed by atoms with Crippen molar-refractivity contribution in [3.8, 4) is 0 Å². The summed E-state index contributed by atoms with van der Waals surface area (Å²) in [7, 11) is 0. The molecule has 0 aromatic carbocycles. The van der Waals surface area contributed by atoms with Gasteiger partial charge in [-0.25, -0.2) is 0 Å². The normalized spacial score (nSPS) is 36.3. The van der Waals surface area contributed by atoms with Crippen molar-refractivity contribution in [2.45, 2.75) is 50.2 Å². The Hall–Kier alpha value is -0.0800. The molecule has 0 amide bonds. The minimum absolute atomic E-state index is 0.0330. The van der Waals surface area contributed by atoms with Gasteiger partial charge in [0.2, 0.25) is 0 Å². The second-order valence-corrected chi connectivity index (χ2v) is 4.06. The molecule has 1 aliphatic heterocycles. The van der Waals surface area contributed by atoms with Crippen LogP contribution in [0, 0.1) is 0 Å². The van der Waals surface area contributed by atoms with Gasteiger partial charge in [0.05, 0.1) is 6.10 Å². The summed E-state index contributed by atoms with van der Waals surface area (Å²) in [5.74, 6) is 0. The average molecular weight is 155 g/mol. The molecule has 2 aliphatic rings. The predicted octanol–water partition coefficient (Wildman–Crippen LogP) is 1.04. The molecule has 1 saturated carbocycles. The molecule has 11 heavy (non-hydrogen) atoms. The Kier molecular flexibility index (Phi) is 1.90. The summed E-state index contributed by atoms with van der Waals surface area (Å²) in [4.78, 5) is 0. The van der Waals surface area contributed by atoms with E-state index in [2.05, 4.69) is 5.32 Å². The number of hydrogen-bond donors (Lipinski definition) is 2. The molecule has 1 spiro atoms. The van der Waals surface area contributed by atoms with Crippen LogP contribution in [0.1, 0.15) is 38.5 Å². The molecular formula is C9H17NO. The van der Waals surface area contributed by atoms with E-state index in [0.29, 0.717) is 5.54 Å². The quantitative estimate of drug-likeness (QED) is 0.548. The van der Waals surface area contributed by atoms with Crippen molar-refractivity contribution in [3.05, 3.63) is 0 Å². The largest absolute Gasteiger partial charge is 0.393 e. The van der Waals surface area contributed by atoms with Gasteiger partial charge >= 0.3 is 0 Å². The van der Waals surface area contributed by atoms with Gasteiger partial charge < -0.3 is 10.4 Å². The molecule has 0 bridgehead atoms. The summed E-state index contributed by atoms with van der Waals surface area (Å²) in [6.07, 6.45) is 7.16. The lowest BCUT2D eigenvalue weighted by atomic mass is 9.86. The molecule has 2 fully saturated rings. The van der Waals surface area contributed by atoms with E-state index in [4.69, 9.17) is 0 Å². The Labute approximate surface area is 68.0 Å². The van der Waals surface area contributed by atoms with E-state index in [1.807, 2.05) is 0 Å². The van der Waals surface area contributed by atoms with Crippen LogP contribution in [-0.4, -0.2) is 23.3 Å². The molecule has 0 radical (unpaired) electrons. The molecular weight excluding hydrogens is 138 g/mol. The Morgan fingerprint density at radius 3 is 2.64 bits per heavy atom. The first kappa shape index (κ1) is 7.56. The zero-order chi connectivity index (χ0) is 7.73. The lowest BCUT2D eigenvalue weighted by Crippen LogP contribution is -2.50. The molecule has 0 aromatic heterocycles. The molecule has 1 saturated heterocycles. The van der Waals surface area contributed by atoms with Crippen molar-refractivity contribution in [1.29, 1.82) is 0 Å². The number of aliphatic hydroxyl groups excluding tert-OH is 1. The van der Waals surface area contributed by atoms with E-state index in [1.54, 1.807) is 0 Å². The smallest absolute Gasteiger partial charge is 0.0569 e. The minimum Gasteiger partial charge on any atom is -0.393 e. The van der Waals surface area contributed by atoms with Gasteiger partial charge in [-0.3, -0.25) is 0 Å². The fraction of sp³-hybridized carbons (Fsp3) is 1.00. The van der Waals surface area contributed by atoms with Gasteiger partial charge in [-0.1, -0.05) is 12.8 Å². The molecule has 2 nitrogen and oxygen atoms in total. The highest BCUT2D eigenvalue weighted by molar-refractivity contribution is 4.97. The third-order valence-electron chi connectivity index (χ3n) is 3.16. The predicted molar refractivity (Wildman–Crippen MR) is 44.4 cm³/mol. The van der Waals surface area contributed by atoms with E-state index in [0.717, 1.165) is 19.4 Å². The Morgan fingerprint density at radius 1 is 1.27 bits per heavy atom. The van der Waals surface area contributed by atoms with Gasteiger partial charge in [-0.15, -0.1) is 0 Å². The summed E-state index contributed by atoms with van der Waals surface area (Å²) in [6, 6.07) is 0. The van der Waals surface area contributed by atoms with Crippen LogP contribution < -0.4 is 5.32 Å². The first-order valence-electron chi connectivity index (χ1n) is 4.74. The number of hydrogen-bond acceptors (Lipinski definition) is 2. The SMILES string of the molecule is O[C@@H]1CCNC2(CCCC2)C1. The Morgan fingerprint density at radius 2 is 2.00 bits per heavy atom. The summed E-state index contributed by atoms with van der Waals surface area (Å²) in [6.45, 7) is 1.02. The third-order valence-corrected chi connectivity index (χ3v) is 3.16. The highest BCUT2D eigenvalue weighted by Gasteiger charge is 2.37. The van der Waals surface area contributed by atoms with Gasteiger partial charge in [0, 0.05) is 5.54 Å². The van der Waals surface area contributed by atoms with Crippen molar-refractivity contribution in [1.82, 2.24) is 5.32 Å². The fourth-order valence-corrected chi connectivity index (χ4v) is 2.56. The van der Waals surface area contributed by atoms with Crippen LogP contribution in [-0.2, 0) is 0 Å². The van der Waals surface area contributed by atoms with Crippen LogP contribution in [0.4, 0.5) is 0 Å². The summed E-state index contributed by atoms with van der Waals surface area (Å²) >= 11 is 0. The van der Waals surface area contributed by atoms with Crippen LogP contribution in [0.5, 0.6) is 0 Å². The fourth-order valence-electron chi connectivity index (χ4n) is 2.56. The highest BCUT2D eigenvalue weighted by Crippen LogP contribution is 2.35. The van der Waals surface area contributed by atoms with E-state index >= 15 is 0 Å². The maximum Gasteiger partial charge on any atom is 0.0569 e. The molecule has 2 N–H and O–H groups in total. The van der Waals surface area contributed by atoms with Crippen molar-refractivity contribution in [2.75, 3.05) is 6.54 Å². The second-order valence-electron chi connectivity index (χ2n) is 4.06. The number of nitrogens with one attached hydrogen (secondary N) is 1. The van der Waals surface area contributed by atoms with Gasteiger partial charge in [-0.05, 0) is 32.2 Å². The molecule has 0 aromatic rings. The number of rotatable bonds is 0. The molecule has 2 rings (SSSR count). The van der Waals surface area contributed by atoms with Crippen LogP contribution in [0.25, 0.3) is 0 Å². The van der Waals surface area contributed by atoms with E-state index in [1.165, 1.54) is 25.7 Å². The average Bonchev–Trinajstić information content (AvgIpc) is 2.37. The standard InChI is InChI=1S/C9H17NO/c11-8-3-6-10-9(7-8)4-1-2-5-9/h8,10-11H,1-7H2/t8-/m1/s1. The first-order valence-corrected chi connectivity index (χ1v) is 4.74. The van der Waals surface area contributed by atoms with Crippen LogP contribution in [0.2, 0.25) is 0 Å². The third kappa shape index (κ3) is 1.42. The summed E-state index contributed by atoms with van der Waals surface area (Å²) < 4.78 is 0. The van der Waals surface area contributed by atoms with E-state index in [-0.39, 0.29) is 6.10 Å². The zero-order valence-electron chi connectivity index (χ0n) is 6.97. The monoisotopic (exact) mass is 155 g/mol. The highest BCUT2D eigenvalue weighted by atomic mass is 16.3. The van der Waals surface area contributed by atoms with Crippen LogP contribution in [0.3, 0.4) is 0 Å². The molecule has 1 aliphatic carbocycles. The molecule has 1 heterocycles. The van der Waals surface area contributed by atoms with Gasteiger partial charge in [0.1, 0.15) is 0 Å². The maximum absolute atomic E-state index is 9.49. The lowest BCUT2D eigenvalue weighted by molar-refractivity contribution is 0.0795. The minimum atomic E-state index is -0.0330. The number of aliphatic hydroxyl groups is 1. The second kappa shape index (κ2) is 2.76. The van der Waals surface area contributed by atoms with Gasteiger partial charge in [-0.2, -0.15) is 0 Å². The van der Waals surface area contributed by atoms with Gasteiger partial charge in [0.15, 0.2) is 0 Å². The van der Waals surface area contributed by atoms with E-state index < -0.39 is 0 Å². The molecule has 64 valence electrons. The topological polar surface area (TPSA) is 32.3 Å². The van der Waals surface area contributed by atoms with Crippen molar-refractivity contribution < 1.29 is 5.11 Å². The summed E-state index contributed by atoms with van der Waals surface area (Å²) in [5, 5.41) is 13.1. The molecule has 1 atom stereocenters. The zero-order valence-corrected chi connectivity index (χ0v) is 6.97. The Bertz CT molecular complexity index is 140. The maximum atomic E-state index is 9.49.